The minimum Gasteiger partial charge on any atom is -1.00 e. The number of carboxylic acids is 2. The molecule has 5 nitrogen and oxygen atoms in total. The number of hydrogen-bond donors (Lipinski definition) is 2. The van der Waals surface area contributed by atoms with Gasteiger partial charge in [-0.2, -0.15) is 0 Å². The molecule has 0 amide bonds. The second kappa shape index (κ2) is 21.6. The molecule has 0 rings (SSSR count). The van der Waals surface area contributed by atoms with Crippen LogP contribution in [-0.2, 0) is 9.59 Å². The van der Waals surface area contributed by atoms with Crippen LogP contribution in [0, 0.1) is 0 Å². The quantitative estimate of drug-likeness (QED) is 0.266. The van der Waals surface area contributed by atoms with E-state index in [4.69, 9.17) is 10.2 Å². The Morgan fingerprint density at radius 2 is 0.923 bits per heavy atom. The van der Waals surface area contributed by atoms with Crippen LogP contribution in [0.5, 0.6) is 0 Å². The Hall–Kier alpha value is 0.276. The summed E-state index contributed by atoms with van der Waals surface area (Å²) in [6.45, 7) is 15.0. The third-order valence-corrected chi connectivity index (χ3v) is 4.31. The summed E-state index contributed by atoms with van der Waals surface area (Å²) in [7, 11) is 0. The number of unbranched alkanes of at least 4 members (excludes halogenated alkanes) is 4. The first kappa shape index (κ1) is 31.0. The number of nitrogens with zero attached hydrogens (tertiary/aromatic N) is 1. The number of carbonyl (C=O) groups is 2. The van der Waals surface area contributed by atoms with Gasteiger partial charge in [0.1, 0.15) is 0 Å². The fraction of sp³-hybridized carbons (Fsp3) is 0.800. The van der Waals surface area contributed by atoms with Gasteiger partial charge in [-0.05, 0) is 25.7 Å². The molecule has 0 aliphatic carbocycles. The summed E-state index contributed by atoms with van der Waals surface area (Å²) in [6.07, 6.45) is 12.2. The van der Waals surface area contributed by atoms with Crippen LogP contribution >= 0.6 is 0 Å². The Morgan fingerprint density at radius 3 is 1.08 bits per heavy atom. The molecule has 6 heteroatoms. The summed E-state index contributed by atoms with van der Waals surface area (Å²) in [4.78, 5) is 19.1. The molecule has 0 aliphatic heterocycles. The van der Waals surface area contributed by atoms with Gasteiger partial charge in [-0.3, -0.25) is 0 Å². The zero-order valence-electron chi connectivity index (χ0n) is 18.8. The van der Waals surface area contributed by atoms with E-state index < -0.39 is 11.9 Å². The van der Waals surface area contributed by atoms with Crippen molar-refractivity contribution < 1.29 is 77.1 Å². The van der Waals surface area contributed by atoms with E-state index in [1.54, 1.807) is 0 Å². The first-order valence-electron chi connectivity index (χ1n) is 9.86. The number of carboxylic acid groups (broad SMARTS) is 2. The van der Waals surface area contributed by atoms with Gasteiger partial charge in [0, 0.05) is 12.2 Å². The van der Waals surface area contributed by atoms with Crippen molar-refractivity contribution >= 4 is 11.9 Å². The predicted octanol–water partition coefficient (Wildman–Crippen LogP) is 1.83. The third-order valence-electron chi connectivity index (χ3n) is 4.31. The van der Waals surface area contributed by atoms with E-state index in [0.29, 0.717) is 12.2 Å². The summed E-state index contributed by atoms with van der Waals surface area (Å²) in [5.74, 6) is -2.51. The van der Waals surface area contributed by atoms with Crippen molar-refractivity contribution in [2.24, 2.45) is 0 Å². The van der Waals surface area contributed by atoms with Crippen molar-refractivity contribution in [2.75, 3.05) is 26.2 Å². The molecule has 0 spiro atoms. The second-order valence-corrected chi connectivity index (χ2v) is 6.66. The van der Waals surface area contributed by atoms with Crippen LogP contribution in [-0.4, -0.2) is 52.8 Å². The molecule has 0 aromatic rings. The monoisotopic (exact) mass is 398 g/mol. The van der Waals surface area contributed by atoms with Gasteiger partial charge in [0.25, 0.3) is 0 Å². The molecule has 0 saturated heterocycles. The molecular formula is C20H41KNO4+. The first-order valence-corrected chi connectivity index (χ1v) is 9.86. The Morgan fingerprint density at radius 1 is 0.692 bits per heavy atom. The Balaban J connectivity index is -0.000000226. The largest absolute Gasteiger partial charge is 1.00 e. The molecule has 0 fully saturated rings. The molecule has 0 atom stereocenters. The van der Waals surface area contributed by atoms with Gasteiger partial charge in [0.15, 0.2) is 0 Å². The molecule has 0 radical (unpaired) electrons. The molecule has 150 valence electrons. The Kier molecular flexibility index (Phi) is 25.7. The Labute approximate surface area is 204 Å². The number of rotatable bonds is 14. The SMILES string of the molecule is CCCC[N+](CCCC)(CCCC)CCCC.O=C(O)/C=C\C(=O)O.[H-].[K+]. The predicted molar refractivity (Wildman–Crippen MR) is 105 cm³/mol. The summed E-state index contributed by atoms with van der Waals surface area (Å²) in [5, 5.41) is 15.6. The van der Waals surface area contributed by atoms with Crippen molar-refractivity contribution in [3.63, 3.8) is 0 Å². The van der Waals surface area contributed by atoms with Crippen LogP contribution in [0.3, 0.4) is 0 Å². The van der Waals surface area contributed by atoms with Gasteiger partial charge >= 0.3 is 63.3 Å². The molecule has 0 aromatic heterocycles. The minimum atomic E-state index is -1.26. The molecule has 2 N–H and O–H groups in total. The molecule has 0 unspecified atom stereocenters. The van der Waals surface area contributed by atoms with Crippen molar-refractivity contribution in [1.29, 1.82) is 0 Å². The molecule has 26 heavy (non-hydrogen) atoms. The summed E-state index contributed by atoms with van der Waals surface area (Å²) in [5.41, 5.74) is 0. The van der Waals surface area contributed by atoms with Gasteiger partial charge < -0.3 is 16.1 Å². The topological polar surface area (TPSA) is 74.6 Å². The smallest absolute Gasteiger partial charge is 1.00 e. The fourth-order valence-electron chi connectivity index (χ4n) is 2.79. The molecular weight excluding hydrogens is 357 g/mol. The average molecular weight is 399 g/mol. The second-order valence-electron chi connectivity index (χ2n) is 6.66. The van der Waals surface area contributed by atoms with E-state index in [-0.39, 0.29) is 52.8 Å². The number of quaternary nitrogens is 1. The standard InChI is InChI=1S/C16H36N.C4H4O4.K.H/c1-5-9-13-17(14-10-6-2,15-11-7-3)16-12-8-4;5-3(6)1-2-4(7)8;;/h5-16H2,1-4H3;1-2H,(H,5,6)(H,7,8);;/q+1;;+1;-1/b;2-1-;;. The van der Waals surface area contributed by atoms with Gasteiger partial charge in [-0.25, -0.2) is 9.59 Å². The molecule has 0 bridgehead atoms. The zero-order chi connectivity index (χ0) is 19.6. The van der Waals surface area contributed by atoms with Gasteiger partial charge in [-0.1, -0.05) is 53.4 Å². The van der Waals surface area contributed by atoms with Gasteiger partial charge in [0.2, 0.25) is 0 Å². The third kappa shape index (κ3) is 20.6. The molecule has 0 heterocycles. The molecule has 0 saturated carbocycles. The summed E-state index contributed by atoms with van der Waals surface area (Å²) < 4.78 is 1.42. The average Bonchev–Trinajstić information content (AvgIpc) is 2.59. The summed E-state index contributed by atoms with van der Waals surface area (Å²) >= 11 is 0. The van der Waals surface area contributed by atoms with E-state index in [1.807, 2.05) is 0 Å². The normalized spacial score (nSPS) is 10.8. The van der Waals surface area contributed by atoms with E-state index in [0.717, 1.165) is 0 Å². The first-order chi connectivity index (χ1) is 11.9. The molecule has 0 aliphatic rings. The number of aliphatic carboxylic acids is 2. The van der Waals surface area contributed by atoms with Crippen LogP contribution in [0.1, 0.15) is 80.5 Å². The number of hydrogen-bond acceptors (Lipinski definition) is 2. The zero-order valence-corrected chi connectivity index (χ0v) is 20.9. The van der Waals surface area contributed by atoms with E-state index in [9.17, 15) is 9.59 Å². The van der Waals surface area contributed by atoms with Gasteiger partial charge in [0.05, 0.1) is 26.2 Å². The van der Waals surface area contributed by atoms with Gasteiger partial charge in [-0.15, -0.1) is 0 Å². The maximum atomic E-state index is 9.55. The van der Waals surface area contributed by atoms with Crippen molar-refractivity contribution in [1.82, 2.24) is 0 Å². The Bertz CT molecular complexity index is 325. The van der Waals surface area contributed by atoms with Crippen molar-refractivity contribution in [2.45, 2.75) is 79.1 Å². The fourth-order valence-corrected chi connectivity index (χ4v) is 2.79. The minimum absolute atomic E-state index is 0. The van der Waals surface area contributed by atoms with Crippen molar-refractivity contribution in [3.8, 4) is 0 Å². The van der Waals surface area contributed by atoms with E-state index in [2.05, 4.69) is 27.7 Å². The van der Waals surface area contributed by atoms with Crippen molar-refractivity contribution in [3.05, 3.63) is 12.2 Å². The van der Waals surface area contributed by atoms with Crippen LogP contribution in [0.25, 0.3) is 0 Å². The van der Waals surface area contributed by atoms with Crippen LogP contribution in [0.15, 0.2) is 12.2 Å². The van der Waals surface area contributed by atoms with Crippen LogP contribution < -0.4 is 51.4 Å². The van der Waals surface area contributed by atoms with E-state index in [1.165, 1.54) is 82.0 Å². The summed E-state index contributed by atoms with van der Waals surface area (Å²) in [6, 6.07) is 0. The van der Waals surface area contributed by atoms with E-state index >= 15 is 0 Å². The maximum Gasteiger partial charge on any atom is 1.00 e. The molecule has 0 aromatic carbocycles. The maximum absolute atomic E-state index is 9.55. The van der Waals surface area contributed by atoms with Crippen LogP contribution in [0.4, 0.5) is 0 Å². The van der Waals surface area contributed by atoms with Crippen LogP contribution in [0.2, 0.25) is 0 Å².